The lowest BCUT2D eigenvalue weighted by molar-refractivity contribution is 0.0942. The molecule has 0 saturated carbocycles. The van der Waals surface area contributed by atoms with Crippen LogP contribution in [0, 0.1) is 13.8 Å². The normalized spacial score (nSPS) is 23.1. The van der Waals surface area contributed by atoms with Gasteiger partial charge in [-0.3, -0.25) is 4.79 Å². The first-order valence-electron chi connectivity index (χ1n) is 6.60. The van der Waals surface area contributed by atoms with E-state index >= 15 is 0 Å². The summed E-state index contributed by atoms with van der Waals surface area (Å²) in [6.07, 6.45) is 2.32. The van der Waals surface area contributed by atoms with Gasteiger partial charge >= 0.3 is 0 Å². The molecule has 1 aromatic carbocycles. The van der Waals surface area contributed by atoms with Crippen LogP contribution >= 0.6 is 0 Å². The molecule has 0 aliphatic carbocycles. The zero-order valence-corrected chi connectivity index (χ0v) is 11.5. The average Bonchev–Trinajstić information content (AvgIpc) is 2.72. The molecule has 1 amide bonds. The Labute approximate surface area is 109 Å². The topological polar surface area (TPSA) is 41.1 Å². The van der Waals surface area contributed by atoms with Gasteiger partial charge in [-0.1, -0.05) is 17.2 Å². The number of rotatable bonds is 3. The van der Waals surface area contributed by atoms with E-state index in [2.05, 4.69) is 23.6 Å². The van der Waals surface area contributed by atoms with Gasteiger partial charge in [-0.2, -0.15) is 0 Å². The van der Waals surface area contributed by atoms with Crippen molar-refractivity contribution in [2.45, 2.75) is 39.2 Å². The maximum absolute atomic E-state index is 12.1. The highest BCUT2D eigenvalue weighted by molar-refractivity contribution is 5.94. The van der Waals surface area contributed by atoms with Crippen molar-refractivity contribution in [3.63, 3.8) is 0 Å². The van der Waals surface area contributed by atoms with E-state index in [0.717, 1.165) is 29.7 Å². The Balaban J connectivity index is 1.99. The third-order valence-electron chi connectivity index (χ3n) is 3.58. The van der Waals surface area contributed by atoms with Crippen LogP contribution in [0.3, 0.4) is 0 Å². The molecule has 0 aromatic heterocycles. The smallest absolute Gasteiger partial charge is 0.251 e. The van der Waals surface area contributed by atoms with E-state index in [9.17, 15) is 4.79 Å². The Bertz CT molecular complexity index is 428. The van der Waals surface area contributed by atoms with Crippen molar-refractivity contribution in [2.24, 2.45) is 0 Å². The molecule has 0 bridgehead atoms. The summed E-state index contributed by atoms with van der Waals surface area (Å²) in [6.45, 7) is 7.95. The quantitative estimate of drug-likeness (QED) is 0.858. The maximum Gasteiger partial charge on any atom is 0.251 e. The van der Waals surface area contributed by atoms with Gasteiger partial charge in [0.05, 0.1) is 0 Å². The molecule has 0 spiro atoms. The van der Waals surface area contributed by atoms with Crippen LogP contribution in [-0.4, -0.2) is 24.5 Å². The predicted octanol–water partition coefficient (Wildman–Crippen LogP) is 2.18. The fourth-order valence-corrected chi connectivity index (χ4v) is 2.59. The Kier molecular flexibility index (Phi) is 3.71. The van der Waals surface area contributed by atoms with Crippen molar-refractivity contribution in [3.8, 4) is 0 Å². The number of hydrogen-bond acceptors (Lipinski definition) is 2. The number of aryl methyl sites for hydroxylation is 2. The second kappa shape index (κ2) is 5.11. The van der Waals surface area contributed by atoms with Crippen molar-refractivity contribution in [1.82, 2.24) is 10.6 Å². The summed E-state index contributed by atoms with van der Waals surface area (Å²) in [5, 5.41) is 6.48. The lowest BCUT2D eigenvalue weighted by Gasteiger charge is -2.24. The number of amides is 1. The van der Waals surface area contributed by atoms with E-state index in [1.165, 1.54) is 6.42 Å². The SMILES string of the molecule is Cc1cc(C)cc(C(=O)NCC2(C)CCCN2)c1. The van der Waals surface area contributed by atoms with E-state index in [1.807, 2.05) is 26.0 Å². The zero-order chi connectivity index (χ0) is 13.2. The molecule has 18 heavy (non-hydrogen) atoms. The van der Waals surface area contributed by atoms with E-state index in [-0.39, 0.29) is 11.4 Å². The number of carbonyl (C=O) groups is 1. The lowest BCUT2D eigenvalue weighted by atomic mass is 10.00. The van der Waals surface area contributed by atoms with Crippen molar-refractivity contribution in [2.75, 3.05) is 13.1 Å². The largest absolute Gasteiger partial charge is 0.350 e. The van der Waals surface area contributed by atoms with Crippen molar-refractivity contribution in [1.29, 1.82) is 0 Å². The van der Waals surface area contributed by atoms with Crippen molar-refractivity contribution < 1.29 is 4.79 Å². The van der Waals surface area contributed by atoms with E-state index in [0.29, 0.717) is 6.54 Å². The maximum atomic E-state index is 12.1. The van der Waals surface area contributed by atoms with Gasteiger partial charge < -0.3 is 10.6 Å². The molecule has 1 heterocycles. The van der Waals surface area contributed by atoms with E-state index in [4.69, 9.17) is 0 Å². The first-order chi connectivity index (χ1) is 8.48. The minimum atomic E-state index is 0.0247. The highest BCUT2D eigenvalue weighted by Gasteiger charge is 2.28. The average molecular weight is 246 g/mol. The third-order valence-corrected chi connectivity index (χ3v) is 3.58. The van der Waals surface area contributed by atoms with Crippen LogP contribution in [0.1, 0.15) is 41.3 Å². The van der Waals surface area contributed by atoms with Crippen LogP contribution in [0.5, 0.6) is 0 Å². The molecular weight excluding hydrogens is 224 g/mol. The molecule has 1 saturated heterocycles. The summed E-state index contributed by atoms with van der Waals surface area (Å²) in [6, 6.07) is 5.95. The van der Waals surface area contributed by atoms with Gasteiger partial charge in [-0.15, -0.1) is 0 Å². The summed E-state index contributed by atoms with van der Waals surface area (Å²) in [5.74, 6) is 0.0247. The summed E-state index contributed by atoms with van der Waals surface area (Å²) in [4.78, 5) is 12.1. The molecule has 2 N–H and O–H groups in total. The van der Waals surface area contributed by atoms with Gasteiger partial charge in [0.25, 0.3) is 5.91 Å². The van der Waals surface area contributed by atoms with Gasteiger partial charge in [-0.25, -0.2) is 0 Å². The van der Waals surface area contributed by atoms with Gasteiger partial charge in [0.15, 0.2) is 0 Å². The Hall–Kier alpha value is -1.35. The molecule has 1 aliphatic rings. The van der Waals surface area contributed by atoms with Gasteiger partial charge in [-0.05, 0) is 52.3 Å². The first-order valence-corrected chi connectivity index (χ1v) is 6.60. The molecule has 0 radical (unpaired) electrons. The molecule has 3 nitrogen and oxygen atoms in total. The van der Waals surface area contributed by atoms with Crippen LogP contribution in [0.25, 0.3) is 0 Å². The predicted molar refractivity (Wildman–Crippen MR) is 73.9 cm³/mol. The fourth-order valence-electron chi connectivity index (χ4n) is 2.59. The number of hydrogen-bond donors (Lipinski definition) is 2. The minimum absolute atomic E-state index is 0.0247. The molecular formula is C15H22N2O. The number of carbonyl (C=O) groups excluding carboxylic acids is 1. The Morgan fingerprint density at radius 1 is 1.33 bits per heavy atom. The molecule has 1 aromatic rings. The monoisotopic (exact) mass is 246 g/mol. The summed E-state index contributed by atoms with van der Waals surface area (Å²) in [5.41, 5.74) is 3.08. The highest BCUT2D eigenvalue weighted by Crippen LogP contribution is 2.17. The molecule has 1 aliphatic heterocycles. The van der Waals surface area contributed by atoms with Gasteiger partial charge in [0.1, 0.15) is 0 Å². The third kappa shape index (κ3) is 3.10. The van der Waals surface area contributed by atoms with E-state index in [1.54, 1.807) is 0 Å². The van der Waals surface area contributed by atoms with Crippen LogP contribution in [0.2, 0.25) is 0 Å². The Morgan fingerprint density at radius 3 is 2.56 bits per heavy atom. The zero-order valence-electron chi connectivity index (χ0n) is 11.5. The second-order valence-corrected chi connectivity index (χ2v) is 5.65. The lowest BCUT2D eigenvalue weighted by Crippen LogP contribution is -2.47. The summed E-state index contributed by atoms with van der Waals surface area (Å²) < 4.78 is 0. The van der Waals surface area contributed by atoms with Gasteiger partial charge in [0, 0.05) is 17.6 Å². The molecule has 1 unspecified atom stereocenters. The highest BCUT2D eigenvalue weighted by atomic mass is 16.1. The fraction of sp³-hybridized carbons (Fsp3) is 0.533. The molecule has 1 atom stereocenters. The molecule has 98 valence electrons. The second-order valence-electron chi connectivity index (χ2n) is 5.65. The molecule has 2 rings (SSSR count). The number of benzene rings is 1. The van der Waals surface area contributed by atoms with E-state index < -0.39 is 0 Å². The van der Waals surface area contributed by atoms with Crippen LogP contribution < -0.4 is 10.6 Å². The van der Waals surface area contributed by atoms with Crippen LogP contribution in [0.15, 0.2) is 18.2 Å². The standard InChI is InChI=1S/C15H22N2O/c1-11-7-12(2)9-13(8-11)14(18)16-10-15(3)5-4-6-17-15/h7-9,17H,4-6,10H2,1-3H3,(H,16,18). The molecule has 1 fully saturated rings. The first kappa shape index (κ1) is 13.1. The summed E-state index contributed by atoms with van der Waals surface area (Å²) in [7, 11) is 0. The Morgan fingerprint density at radius 2 is 2.00 bits per heavy atom. The van der Waals surface area contributed by atoms with Crippen LogP contribution in [-0.2, 0) is 0 Å². The molecule has 3 heteroatoms. The van der Waals surface area contributed by atoms with Crippen molar-refractivity contribution in [3.05, 3.63) is 34.9 Å². The number of nitrogens with one attached hydrogen (secondary N) is 2. The van der Waals surface area contributed by atoms with Crippen LogP contribution in [0.4, 0.5) is 0 Å². The summed E-state index contributed by atoms with van der Waals surface area (Å²) >= 11 is 0. The van der Waals surface area contributed by atoms with Crippen molar-refractivity contribution >= 4 is 5.91 Å². The van der Waals surface area contributed by atoms with Gasteiger partial charge in [0.2, 0.25) is 0 Å². The minimum Gasteiger partial charge on any atom is -0.350 e.